The van der Waals surface area contributed by atoms with Crippen LogP contribution in [0.2, 0.25) is 0 Å². The van der Waals surface area contributed by atoms with Crippen molar-refractivity contribution in [2.24, 2.45) is 0 Å². The maximum atomic E-state index is 12.4. The summed E-state index contributed by atoms with van der Waals surface area (Å²) in [6.45, 7) is 0. The van der Waals surface area contributed by atoms with Gasteiger partial charge in [-0.1, -0.05) is 15.9 Å². The van der Waals surface area contributed by atoms with Gasteiger partial charge in [0.2, 0.25) is 0 Å². The Hall–Kier alpha value is -0.110. The molecule has 0 N–H and O–H groups in total. The predicted octanol–water partition coefficient (Wildman–Crippen LogP) is 3.33. The van der Waals surface area contributed by atoms with Crippen molar-refractivity contribution < 1.29 is 13.6 Å². The zero-order chi connectivity index (χ0) is 10.7. The molecule has 1 aromatic heterocycles. The van der Waals surface area contributed by atoms with Crippen LogP contribution in [0.4, 0.5) is 8.78 Å². The summed E-state index contributed by atoms with van der Waals surface area (Å²) < 4.78 is 25.3. The number of nitrogens with zero attached hydrogens (tertiary/aromatic N) is 1. The standard InChI is InChI=1S/C8H5BrF2INO/c9-1-4-2-13-7(8(10)11)5(3-14)6(4)12/h2-3,8H,1H2. The number of carbonyl (C=O) groups excluding carboxylic acids is 1. The minimum atomic E-state index is -2.71. The molecular formula is C8H5BrF2INO. The summed E-state index contributed by atoms with van der Waals surface area (Å²) in [5.74, 6) is 0. The number of halogens is 4. The van der Waals surface area contributed by atoms with Crippen LogP contribution < -0.4 is 0 Å². The van der Waals surface area contributed by atoms with Gasteiger partial charge in [-0.15, -0.1) is 0 Å². The molecule has 6 heteroatoms. The molecule has 2 nitrogen and oxygen atoms in total. The van der Waals surface area contributed by atoms with E-state index in [2.05, 4.69) is 20.9 Å². The van der Waals surface area contributed by atoms with Crippen molar-refractivity contribution in [3.8, 4) is 0 Å². The maximum absolute atomic E-state index is 12.4. The number of hydrogen-bond acceptors (Lipinski definition) is 2. The van der Waals surface area contributed by atoms with Crippen molar-refractivity contribution in [3.05, 3.63) is 26.6 Å². The molecule has 1 heterocycles. The van der Waals surface area contributed by atoms with Crippen molar-refractivity contribution >= 4 is 44.8 Å². The molecule has 76 valence electrons. The van der Waals surface area contributed by atoms with Crippen LogP contribution in [0.15, 0.2) is 6.20 Å². The summed E-state index contributed by atoms with van der Waals surface area (Å²) in [4.78, 5) is 14.2. The molecule has 1 rings (SSSR count). The largest absolute Gasteiger partial charge is 0.298 e. The van der Waals surface area contributed by atoms with Crippen molar-refractivity contribution in [1.82, 2.24) is 4.98 Å². The molecule has 0 amide bonds. The van der Waals surface area contributed by atoms with Crippen LogP contribution in [0.1, 0.15) is 28.0 Å². The molecule has 0 spiro atoms. The summed E-state index contributed by atoms with van der Waals surface area (Å²) in [6, 6.07) is 0. The maximum Gasteiger partial charge on any atom is 0.281 e. The lowest BCUT2D eigenvalue weighted by molar-refractivity contribution is 0.110. The van der Waals surface area contributed by atoms with E-state index in [9.17, 15) is 13.6 Å². The smallest absolute Gasteiger partial charge is 0.281 e. The molecular weight excluding hydrogens is 371 g/mol. The zero-order valence-corrected chi connectivity index (χ0v) is 10.5. The van der Waals surface area contributed by atoms with E-state index in [1.807, 2.05) is 22.6 Å². The average Bonchev–Trinajstić information content (AvgIpc) is 2.17. The highest BCUT2D eigenvalue weighted by Crippen LogP contribution is 2.26. The van der Waals surface area contributed by atoms with Crippen molar-refractivity contribution in [2.45, 2.75) is 11.8 Å². The Labute approximate surface area is 101 Å². The highest BCUT2D eigenvalue weighted by atomic mass is 127. The Morgan fingerprint density at radius 2 is 2.29 bits per heavy atom. The van der Waals surface area contributed by atoms with E-state index >= 15 is 0 Å². The van der Waals surface area contributed by atoms with Crippen LogP contribution in [0.3, 0.4) is 0 Å². The first-order valence-electron chi connectivity index (χ1n) is 3.58. The van der Waals surface area contributed by atoms with Crippen LogP contribution in [0, 0.1) is 3.57 Å². The van der Waals surface area contributed by atoms with Gasteiger partial charge in [0.1, 0.15) is 5.69 Å². The topological polar surface area (TPSA) is 30.0 Å². The van der Waals surface area contributed by atoms with Crippen LogP contribution in [0.25, 0.3) is 0 Å². The molecule has 0 bridgehead atoms. The molecule has 0 saturated heterocycles. The number of rotatable bonds is 3. The van der Waals surface area contributed by atoms with E-state index in [-0.39, 0.29) is 5.56 Å². The van der Waals surface area contributed by atoms with Gasteiger partial charge < -0.3 is 0 Å². The average molecular weight is 376 g/mol. The van der Waals surface area contributed by atoms with Crippen LogP contribution in [0.5, 0.6) is 0 Å². The lowest BCUT2D eigenvalue weighted by atomic mass is 10.1. The molecule has 0 aromatic carbocycles. The van der Waals surface area contributed by atoms with E-state index in [1.165, 1.54) is 6.20 Å². The number of hydrogen-bond donors (Lipinski definition) is 0. The Kier molecular flexibility index (Phi) is 4.36. The third kappa shape index (κ3) is 2.28. The Bertz CT molecular complexity index is 359. The quantitative estimate of drug-likeness (QED) is 0.461. The Morgan fingerprint density at radius 1 is 1.64 bits per heavy atom. The van der Waals surface area contributed by atoms with E-state index in [1.54, 1.807) is 0 Å². The fraction of sp³-hybridized carbons (Fsp3) is 0.250. The first-order valence-corrected chi connectivity index (χ1v) is 5.78. The summed E-state index contributed by atoms with van der Waals surface area (Å²) in [5.41, 5.74) is 0.267. The highest BCUT2D eigenvalue weighted by Gasteiger charge is 2.18. The third-order valence-corrected chi connectivity index (χ3v) is 3.50. The van der Waals surface area contributed by atoms with Gasteiger partial charge in [-0.3, -0.25) is 9.78 Å². The Morgan fingerprint density at radius 3 is 2.71 bits per heavy atom. The summed E-state index contributed by atoms with van der Waals surface area (Å²) in [7, 11) is 0. The number of alkyl halides is 3. The molecule has 0 fully saturated rings. The minimum absolute atomic E-state index is 0.0162. The lowest BCUT2D eigenvalue weighted by Crippen LogP contribution is -2.03. The monoisotopic (exact) mass is 375 g/mol. The predicted molar refractivity (Wildman–Crippen MR) is 59.9 cm³/mol. The second kappa shape index (κ2) is 5.11. The summed E-state index contributed by atoms with van der Waals surface area (Å²) in [6.07, 6.45) is -0.943. The molecule has 0 aliphatic rings. The van der Waals surface area contributed by atoms with Gasteiger partial charge in [0, 0.05) is 15.1 Å². The second-order valence-corrected chi connectivity index (χ2v) is 4.09. The number of aromatic nitrogens is 1. The first kappa shape index (κ1) is 12.0. The first-order chi connectivity index (χ1) is 6.61. The molecule has 0 unspecified atom stereocenters. The van der Waals surface area contributed by atoms with Crippen molar-refractivity contribution in [2.75, 3.05) is 0 Å². The highest BCUT2D eigenvalue weighted by molar-refractivity contribution is 14.1. The van der Waals surface area contributed by atoms with Gasteiger partial charge in [-0.25, -0.2) is 8.78 Å². The SMILES string of the molecule is O=Cc1c(C(F)F)ncc(CBr)c1I. The van der Waals surface area contributed by atoms with E-state index in [4.69, 9.17) is 0 Å². The molecule has 0 aliphatic carbocycles. The van der Waals surface area contributed by atoms with Gasteiger partial charge >= 0.3 is 0 Å². The fourth-order valence-electron chi connectivity index (χ4n) is 0.938. The molecule has 0 saturated carbocycles. The molecule has 0 aliphatic heterocycles. The van der Waals surface area contributed by atoms with Crippen LogP contribution in [-0.4, -0.2) is 11.3 Å². The Balaban J connectivity index is 3.35. The van der Waals surface area contributed by atoms with Gasteiger partial charge in [-0.2, -0.15) is 0 Å². The summed E-state index contributed by atoms with van der Waals surface area (Å²) in [5, 5.41) is 0.489. The third-order valence-electron chi connectivity index (χ3n) is 1.62. The summed E-state index contributed by atoms with van der Waals surface area (Å²) >= 11 is 5.05. The van der Waals surface area contributed by atoms with Crippen LogP contribution in [-0.2, 0) is 5.33 Å². The minimum Gasteiger partial charge on any atom is -0.298 e. The second-order valence-electron chi connectivity index (χ2n) is 2.45. The normalized spacial score (nSPS) is 10.6. The van der Waals surface area contributed by atoms with Crippen LogP contribution >= 0.6 is 38.5 Å². The van der Waals surface area contributed by atoms with Gasteiger partial charge in [0.15, 0.2) is 6.29 Å². The molecule has 14 heavy (non-hydrogen) atoms. The van der Waals surface area contributed by atoms with Gasteiger partial charge in [-0.05, 0) is 28.2 Å². The lowest BCUT2D eigenvalue weighted by Gasteiger charge is -2.07. The van der Waals surface area contributed by atoms with Crippen molar-refractivity contribution in [3.63, 3.8) is 0 Å². The van der Waals surface area contributed by atoms with E-state index in [0.29, 0.717) is 15.2 Å². The molecule has 0 radical (unpaired) electrons. The van der Waals surface area contributed by atoms with Gasteiger partial charge in [0.05, 0.1) is 5.56 Å². The number of carbonyl (C=O) groups is 1. The van der Waals surface area contributed by atoms with E-state index < -0.39 is 12.1 Å². The number of pyridine rings is 1. The van der Waals surface area contributed by atoms with Gasteiger partial charge in [0.25, 0.3) is 6.43 Å². The zero-order valence-electron chi connectivity index (χ0n) is 6.81. The molecule has 1 aromatic rings. The fourth-order valence-corrected chi connectivity index (χ4v) is 2.62. The number of aldehydes is 1. The van der Waals surface area contributed by atoms with E-state index in [0.717, 1.165) is 5.56 Å². The molecule has 0 atom stereocenters. The van der Waals surface area contributed by atoms with Crippen molar-refractivity contribution in [1.29, 1.82) is 0 Å².